The van der Waals surface area contributed by atoms with Crippen LogP contribution in [0.15, 0.2) is 42.7 Å². The van der Waals surface area contributed by atoms with E-state index in [4.69, 9.17) is 0 Å². The molecule has 1 fully saturated rings. The maximum absolute atomic E-state index is 4.22. The summed E-state index contributed by atoms with van der Waals surface area (Å²) in [6.07, 6.45) is 5.01. The average Bonchev–Trinajstić information content (AvgIpc) is 3.03. The second-order valence-corrected chi connectivity index (χ2v) is 6.10. The molecule has 2 unspecified atom stereocenters. The molecule has 3 rings (SSSR count). The predicted octanol–water partition coefficient (Wildman–Crippen LogP) is 3.18. The Morgan fingerprint density at radius 2 is 2.17 bits per heavy atom. The van der Waals surface area contributed by atoms with Crippen molar-refractivity contribution in [3.05, 3.63) is 42.7 Å². The van der Waals surface area contributed by atoms with E-state index in [-0.39, 0.29) is 0 Å². The molecule has 18 heavy (non-hydrogen) atoms. The summed E-state index contributed by atoms with van der Waals surface area (Å²) in [5, 5.41) is 8.54. The number of nitrogens with zero attached hydrogens (tertiary/aromatic N) is 2. The zero-order valence-corrected chi connectivity index (χ0v) is 11.2. The SMILES string of the molecule is CC1SCCC1Nc1ccc(-n2cccn2)cc1. The first-order chi connectivity index (χ1) is 8.83. The fraction of sp³-hybridized carbons (Fsp3) is 0.357. The second-order valence-electron chi connectivity index (χ2n) is 4.61. The van der Waals surface area contributed by atoms with Gasteiger partial charge in [0.15, 0.2) is 0 Å². The maximum Gasteiger partial charge on any atom is 0.0647 e. The number of thioether (sulfide) groups is 1. The lowest BCUT2D eigenvalue weighted by molar-refractivity contribution is 0.724. The van der Waals surface area contributed by atoms with Gasteiger partial charge in [0.25, 0.3) is 0 Å². The Kier molecular flexibility index (Phi) is 3.28. The lowest BCUT2D eigenvalue weighted by Crippen LogP contribution is -2.24. The molecule has 4 heteroatoms. The van der Waals surface area contributed by atoms with Crippen LogP contribution in [0.4, 0.5) is 5.69 Å². The van der Waals surface area contributed by atoms with Crippen molar-refractivity contribution in [2.45, 2.75) is 24.6 Å². The molecule has 1 aromatic heterocycles. The van der Waals surface area contributed by atoms with E-state index in [2.05, 4.69) is 41.6 Å². The predicted molar refractivity (Wildman–Crippen MR) is 77.5 cm³/mol. The van der Waals surface area contributed by atoms with Crippen LogP contribution in [-0.4, -0.2) is 26.8 Å². The molecule has 3 nitrogen and oxygen atoms in total. The van der Waals surface area contributed by atoms with Gasteiger partial charge in [-0.25, -0.2) is 4.68 Å². The number of benzene rings is 1. The first-order valence-corrected chi connectivity index (χ1v) is 7.36. The van der Waals surface area contributed by atoms with Gasteiger partial charge in [-0.3, -0.25) is 0 Å². The van der Waals surface area contributed by atoms with E-state index in [1.807, 2.05) is 28.7 Å². The Morgan fingerprint density at radius 1 is 1.33 bits per heavy atom. The normalized spacial score (nSPS) is 23.2. The summed E-state index contributed by atoms with van der Waals surface area (Å²) < 4.78 is 1.87. The molecule has 1 saturated heterocycles. The summed E-state index contributed by atoms with van der Waals surface area (Å²) in [7, 11) is 0. The minimum absolute atomic E-state index is 0.602. The van der Waals surface area contributed by atoms with Crippen molar-refractivity contribution in [3.8, 4) is 5.69 Å². The molecule has 1 aliphatic heterocycles. The molecular weight excluding hydrogens is 242 g/mol. The Labute approximate surface area is 112 Å². The number of hydrogen-bond donors (Lipinski definition) is 1. The van der Waals surface area contributed by atoms with Crippen LogP contribution in [0.25, 0.3) is 5.69 Å². The molecular formula is C14H17N3S. The zero-order chi connectivity index (χ0) is 12.4. The highest BCUT2D eigenvalue weighted by Crippen LogP contribution is 2.28. The summed E-state index contributed by atoms with van der Waals surface area (Å²) in [6.45, 7) is 2.30. The van der Waals surface area contributed by atoms with Gasteiger partial charge in [0.2, 0.25) is 0 Å². The van der Waals surface area contributed by atoms with Crippen LogP contribution in [0.1, 0.15) is 13.3 Å². The van der Waals surface area contributed by atoms with E-state index >= 15 is 0 Å². The summed E-state index contributed by atoms with van der Waals surface area (Å²) in [4.78, 5) is 0. The Morgan fingerprint density at radius 3 is 2.78 bits per heavy atom. The third-order valence-electron chi connectivity index (χ3n) is 3.36. The third kappa shape index (κ3) is 2.38. The van der Waals surface area contributed by atoms with E-state index < -0.39 is 0 Å². The number of hydrogen-bond acceptors (Lipinski definition) is 3. The highest BCUT2D eigenvalue weighted by atomic mass is 32.2. The van der Waals surface area contributed by atoms with Gasteiger partial charge < -0.3 is 5.32 Å². The molecule has 1 aromatic carbocycles. The van der Waals surface area contributed by atoms with Crippen molar-refractivity contribution in [2.75, 3.05) is 11.1 Å². The maximum atomic E-state index is 4.22. The Balaban J connectivity index is 1.71. The van der Waals surface area contributed by atoms with Gasteiger partial charge in [-0.2, -0.15) is 16.9 Å². The first-order valence-electron chi connectivity index (χ1n) is 6.31. The van der Waals surface area contributed by atoms with Crippen molar-refractivity contribution in [1.29, 1.82) is 0 Å². The topological polar surface area (TPSA) is 29.9 Å². The first kappa shape index (κ1) is 11.7. The molecule has 1 aliphatic rings. The van der Waals surface area contributed by atoms with Crippen LogP contribution in [0.2, 0.25) is 0 Å². The minimum atomic E-state index is 0.602. The van der Waals surface area contributed by atoms with Gasteiger partial charge >= 0.3 is 0 Å². The van der Waals surface area contributed by atoms with Crippen LogP contribution in [0.5, 0.6) is 0 Å². The van der Waals surface area contributed by atoms with Crippen LogP contribution < -0.4 is 5.32 Å². The third-order valence-corrected chi connectivity index (χ3v) is 4.69. The summed E-state index contributed by atoms with van der Waals surface area (Å²) in [5.41, 5.74) is 2.30. The van der Waals surface area contributed by atoms with Crippen molar-refractivity contribution in [3.63, 3.8) is 0 Å². The zero-order valence-electron chi connectivity index (χ0n) is 10.4. The highest BCUT2D eigenvalue weighted by molar-refractivity contribution is 8.00. The smallest absolute Gasteiger partial charge is 0.0647 e. The molecule has 2 aromatic rings. The lowest BCUT2D eigenvalue weighted by atomic mass is 10.1. The minimum Gasteiger partial charge on any atom is -0.381 e. The van der Waals surface area contributed by atoms with Crippen LogP contribution in [-0.2, 0) is 0 Å². The molecule has 94 valence electrons. The van der Waals surface area contributed by atoms with E-state index in [0.29, 0.717) is 11.3 Å². The molecule has 1 N–H and O–H groups in total. The molecule has 0 amide bonds. The van der Waals surface area contributed by atoms with E-state index in [0.717, 1.165) is 5.69 Å². The van der Waals surface area contributed by atoms with Gasteiger partial charge in [-0.15, -0.1) is 0 Å². The molecule has 0 radical (unpaired) electrons. The fourth-order valence-electron chi connectivity index (χ4n) is 2.27. The Hall–Kier alpha value is -1.42. The van der Waals surface area contributed by atoms with Crippen LogP contribution >= 0.6 is 11.8 Å². The monoisotopic (exact) mass is 259 g/mol. The van der Waals surface area contributed by atoms with Gasteiger partial charge in [-0.1, -0.05) is 6.92 Å². The fourth-order valence-corrected chi connectivity index (χ4v) is 3.47. The molecule has 2 heterocycles. The summed E-state index contributed by atoms with van der Waals surface area (Å²) >= 11 is 2.05. The molecule has 0 spiro atoms. The molecule has 0 aliphatic carbocycles. The molecule has 0 saturated carbocycles. The average molecular weight is 259 g/mol. The standard InChI is InChI=1S/C14H17N3S/c1-11-14(7-10-18-11)16-12-3-5-13(6-4-12)17-9-2-8-15-17/h2-6,8-9,11,14,16H,7,10H2,1H3. The van der Waals surface area contributed by atoms with E-state index in [9.17, 15) is 0 Å². The van der Waals surface area contributed by atoms with E-state index in [1.165, 1.54) is 17.9 Å². The Bertz CT molecular complexity index is 492. The van der Waals surface area contributed by atoms with Gasteiger partial charge in [-0.05, 0) is 42.5 Å². The largest absolute Gasteiger partial charge is 0.381 e. The molecule has 2 atom stereocenters. The summed E-state index contributed by atoms with van der Waals surface area (Å²) in [5.74, 6) is 1.27. The van der Waals surface area contributed by atoms with E-state index in [1.54, 1.807) is 6.20 Å². The number of anilines is 1. The van der Waals surface area contributed by atoms with Gasteiger partial charge in [0.1, 0.15) is 0 Å². The second kappa shape index (κ2) is 5.06. The number of aromatic nitrogens is 2. The van der Waals surface area contributed by atoms with Crippen molar-refractivity contribution in [2.24, 2.45) is 0 Å². The summed E-state index contributed by atoms with van der Waals surface area (Å²) in [6, 6.07) is 11.0. The van der Waals surface area contributed by atoms with Gasteiger partial charge in [0.05, 0.1) is 5.69 Å². The number of rotatable bonds is 3. The van der Waals surface area contributed by atoms with Gasteiger partial charge in [0, 0.05) is 29.4 Å². The van der Waals surface area contributed by atoms with Crippen LogP contribution in [0, 0.1) is 0 Å². The quantitative estimate of drug-likeness (QED) is 0.918. The highest BCUT2D eigenvalue weighted by Gasteiger charge is 2.23. The van der Waals surface area contributed by atoms with Crippen LogP contribution in [0.3, 0.4) is 0 Å². The number of nitrogens with one attached hydrogen (secondary N) is 1. The molecule has 0 bridgehead atoms. The lowest BCUT2D eigenvalue weighted by Gasteiger charge is -2.18. The van der Waals surface area contributed by atoms with Crippen molar-refractivity contribution < 1.29 is 0 Å². The van der Waals surface area contributed by atoms with Crippen molar-refractivity contribution in [1.82, 2.24) is 9.78 Å². The van der Waals surface area contributed by atoms with Crippen molar-refractivity contribution >= 4 is 17.4 Å².